The van der Waals surface area contributed by atoms with E-state index in [2.05, 4.69) is 25.9 Å². The molecule has 4 rings (SSSR count). The van der Waals surface area contributed by atoms with E-state index in [4.69, 9.17) is 23.2 Å². The first-order chi connectivity index (χ1) is 14.8. The maximum absolute atomic E-state index is 12.9. The molecule has 0 saturated carbocycles. The standard InChI is InChI=1S/C21H17Cl2N5O3/c1-10-2-5-12(6-3-10)24-21-27-18-17(20(31)28-21)13(9-16(29)26-18)19(30)25-15-8-11(22)4-7-14(15)23/h2-8,13H,9H2,1H3,(H,25,30)(H3,24,26,27,28,29,31). The summed E-state index contributed by atoms with van der Waals surface area (Å²) in [6.45, 7) is 1.96. The number of aromatic amines is 1. The van der Waals surface area contributed by atoms with Crippen molar-refractivity contribution >= 4 is 58.2 Å². The summed E-state index contributed by atoms with van der Waals surface area (Å²) in [5, 5.41) is 8.85. The number of aryl methyl sites for hydroxylation is 1. The highest BCUT2D eigenvalue weighted by atomic mass is 35.5. The number of fused-ring (bicyclic) bond motifs is 1. The number of rotatable bonds is 4. The fraction of sp³-hybridized carbons (Fsp3) is 0.143. The van der Waals surface area contributed by atoms with Crippen molar-refractivity contribution in [2.75, 3.05) is 16.0 Å². The van der Waals surface area contributed by atoms with E-state index in [0.717, 1.165) is 5.56 Å². The number of halogens is 2. The van der Waals surface area contributed by atoms with Crippen LogP contribution in [0.25, 0.3) is 0 Å². The van der Waals surface area contributed by atoms with Gasteiger partial charge >= 0.3 is 0 Å². The Hall–Kier alpha value is -3.36. The van der Waals surface area contributed by atoms with Gasteiger partial charge in [0.15, 0.2) is 0 Å². The van der Waals surface area contributed by atoms with Gasteiger partial charge in [-0.2, -0.15) is 4.98 Å². The fourth-order valence-corrected chi connectivity index (χ4v) is 3.58. The summed E-state index contributed by atoms with van der Waals surface area (Å²) in [7, 11) is 0. The largest absolute Gasteiger partial charge is 0.326 e. The predicted octanol–water partition coefficient (Wildman–Crippen LogP) is 4.19. The molecule has 8 nitrogen and oxygen atoms in total. The summed E-state index contributed by atoms with van der Waals surface area (Å²) in [5.74, 6) is -1.85. The van der Waals surface area contributed by atoms with Crippen LogP contribution in [-0.2, 0) is 9.59 Å². The van der Waals surface area contributed by atoms with Gasteiger partial charge in [0.2, 0.25) is 17.8 Å². The molecule has 4 N–H and O–H groups in total. The summed E-state index contributed by atoms with van der Waals surface area (Å²) < 4.78 is 0. The van der Waals surface area contributed by atoms with Gasteiger partial charge in [0.05, 0.1) is 22.2 Å². The Bertz CT molecular complexity index is 1240. The number of nitrogens with one attached hydrogen (secondary N) is 4. The molecule has 0 aliphatic carbocycles. The molecule has 1 atom stereocenters. The molecule has 1 aromatic heterocycles. The molecule has 158 valence electrons. The lowest BCUT2D eigenvalue weighted by Crippen LogP contribution is -2.36. The van der Waals surface area contributed by atoms with E-state index >= 15 is 0 Å². The fourth-order valence-electron chi connectivity index (χ4n) is 3.24. The van der Waals surface area contributed by atoms with E-state index in [1.54, 1.807) is 12.1 Å². The normalized spacial score (nSPS) is 15.1. The zero-order valence-corrected chi connectivity index (χ0v) is 17.8. The van der Waals surface area contributed by atoms with Crippen molar-refractivity contribution in [3.05, 3.63) is 74.0 Å². The van der Waals surface area contributed by atoms with Gasteiger partial charge in [0, 0.05) is 17.1 Å². The smallest absolute Gasteiger partial charge is 0.258 e. The molecular formula is C21H17Cl2N5O3. The van der Waals surface area contributed by atoms with Gasteiger partial charge < -0.3 is 16.0 Å². The number of aromatic nitrogens is 2. The van der Waals surface area contributed by atoms with Crippen LogP contribution in [0.15, 0.2) is 47.3 Å². The van der Waals surface area contributed by atoms with E-state index in [1.807, 2.05) is 31.2 Å². The third-order valence-electron chi connectivity index (χ3n) is 4.77. The molecule has 2 amide bonds. The maximum Gasteiger partial charge on any atom is 0.258 e. The molecule has 2 aromatic carbocycles. The molecule has 2 heterocycles. The molecule has 1 aliphatic heterocycles. The predicted molar refractivity (Wildman–Crippen MR) is 120 cm³/mol. The van der Waals surface area contributed by atoms with E-state index in [-0.39, 0.29) is 34.5 Å². The number of anilines is 4. The zero-order valence-electron chi connectivity index (χ0n) is 16.3. The van der Waals surface area contributed by atoms with Gasteiger partial charge in [0.1, 0.15) is 5.82 Å². The van der Waals surface area contributed by atoms with E-state index in [9.17, 15) is 14.4 Å². The van der Waals surface area contributed by atoms with Gasteiger partial charge in [-0.25, -0.2) is 0 Å². The molecule has 1 unspecified atom stereocenters. The molecule has 31 heavy (non-hydrogen) atoms. The van der Waals surface area contributed by atoms with Crippen LogP contribution < -0.4 is 21.5 Å². The second-order valence-electron chi connectivity index (χ2n) is 7.09. The lowest BCUT2D eigenvalue weighted by atomic mass is 9.92. The van der Waals surface area contributed by atoms with E-state index < -0.39 is 23.3 Å². The van der Waals surface area contributed by atoms with Crippen molar-refractivity contribution < 1.29 is 9.59 Å². The van der Waals surface area contributed by atoms with Gasteiger partial charge in [-0.3, -0.25) is 19.4 Å². The first-order valence-electron chi connectivity index (χ1n) is 9.34. The zero-order chi connectivity index (χ0) is 22.1. The first kappa shape index (κ1) is 20.9. The quantitative estimate of drug-likeness (QED) is 0.468. The lowest BCUT2D eigenvalue weighted by Gasteiger charge is -2.24. The average Bonchev–Trinajstić information content (AvgIpc) is 2.71. The third-order valence-corrected chi connectivity index (χ3v) is 5.33. The Morgan fingerprint density at radius 1 is 1.13 bits per heavy atom. The molecular weight excluding hydrogens is 441 g/mol. The van der Waals surface area contributed by atoms with Gasteiger partial charge in [-0.1, -0.05) is 40.9 Å². The highest BCUT2D eigenvalue weighted by molar-refractivity contribution is 6.35. The minimum atomic E-state index is -1.04. The van der Waals surface area contributed by atoms with Crippen molar-refractivity contribution in [3.63, 3.8) is 0 Å². The minimum Gasteiger partial charge on any atom is -0.326 e. The molecule has 10 heteroatoms. The molecule has 0 spiro atoms. The summed E-state index contributed by atoms with van der Waals surface area (Å²) in [6, 6.07) is 12.1. The monoisotopic (exact) mass is 457 g/mol. The number of amides is 2. The van der Waals surface area contributed by atoms with E-state index in [0.29, 0.717) is 10.7 Å². The number of benzene rings is 2. The third kappa shape index (κ3) is 4.55. The van der Waals surface area contributed by atoms with Crippen molar-refractivity contribution in [3.8, 4) is 0 Å². The van der Waals surface area contributed by atoms with Crippen LogP contribution in [0.5, 0.6) is 0 Å². The van der Waals surface area contributed by atoms with Crippen LogP contribution in [0.1, 0.15) is 23.5 Å². The minimum absolute atomic E-state index is 0.0342. The highest BCUT2D eigenvalue weighted by Gasteiger charge is 2.35. The van der Waals surface area contributed by atoms with Crippen LogP contribution in [0.4, 0.5) is 23.1 Å². The van der Waals surface area contributed by atoms with Crippen LogP contribution in [0.3, 0.4) is 0 Å². The Morgan fingerprint density at radius 3 is 2.61 bits per heavy atom. The topological polar surface area (TPSA) is 116 Å². The lowest BCUT2D eigenvalue weighted by molar-refractivity contribution is -0.123. The summed E-state index contributed by atoms with van der Waals surface area (Å²) in [5.41, 5.74) is 1.62. The number of nitrogens with zero attached hydrogens (tertiary/aromatic N) is 1. The number of carbonyl (C=O) groups excluding carboxylic acids is 2. The van der Waals surface area contributed by atoms with Gasteiger partial charge in [-0.15, -0.1) is 0 Å². The molecule has 0 radical (unpaired) electrons. The Labute approximate surface area is 187 Å². The first-order valence-corrected chi connectivity index (χ1v) is 10.1. The van der Waals surface area contributed by atoms with E-state index in [1.165, 1.54) is 6.07 Å². The highest BCUT2D eigenvalue weighted by Crippen LogP contribution is 2.32. The summed E-state index contributed by atoms with van der Waals surface area (Å²) >= 11 is 12.1. The van der Waals surface area contributed by atoms with Crippen LogP contribution in [0.2, 0.25) is 10.0 Å². The molecule has 3 aromatic rings. The number of carbonyl (C=O) groups is 2. The Kier molecular flexibility index (Phi) is 5.67. The van der Waals surface area contributed by atoms with Gasteiger partial charge in [-0.05, 0) is 37.3 Å². The Morgan fingerprint density at radius 2 is 1.87 bits per heavy atom. The molecule has 0 fully saturated rings. The van der Waals surface area contributed by atoms with Crippen LogP contribution >= 0.6 is 23.2 Å². The maximum atomic E-state index is 12.9. The van der Waals surface area contributed by atoms with Gasteiger partial charge in [0.25, 0.3) is 5.56 Å². The average molecular weight is 458 g/mol. The Balaban J connectivity index is 1.65. The molecule has 0 bridgehead atoms. The molecule has 0 saturated heterocycles. The van der Waals surface area contributed by atoms with Crippen LogP contribution in [-0.4, -0.2) is 21.8 Å². The van der Waals surface area contributed by atoms with Crippen molar-refractivity contribution in [1.29, 1.82) is 0 Å². The van der Waals surface area contributed by atoms with Crippen molar-refractivity contribution in [2.24, 2.45) is 0 Å². The van der Waals surface area contributed by atoms with Crippen molar-refractivity contribution in [1.82, 2.24) is 9.97 Å². The number of hydrogen-bond donors (Lipinski definition) is 4. The van der Waals surface area contributed by atoms with Crippen molar-refractivity contribution in [2.45, 2.75) is 19.3 Å². The van der Waals surface area contributed by atoms with Crippen LogP contribution in [0, 0.1) is 6.92 Å². The SMILES string of the molecule is Cc1ccc(Nc2nc3c(c(=O)[nH]2)C(C(=O)Nc2cc(Cl)ccc2Cl)CC(=O)N3)cc1. The summed E-state index contributed by atoms with van der Waals surface area (Å²) in [6.07, 6.45) is -0.202. The summed E-state index contributed by atoms with van der Waals surface area (Å²) in [4.78, 5) is 44.9. The number of H-pyrrole nitrogens is 1. The second kappa shape index (κ2) is 8.41. The molecule has 1 aliphatic rings. The number of hydrogen-bond acceptors (Lipinski definition) is 5. The second-order valence-corrected chi connectivity index (χ2v) is 7.93.